The van der Waals surface area contributed by atoms with Crippen LogP contribution in [0.5, 0.6) is 0 Å². The molecule has 0 aromatic heterocycles. The quantitative estimate of drug-likeness (QED) is 0.650. The zero-order chi connectivity index (χ0) is 24.1. The number of carbonyl (C=O) groups is 3. The highest BCUT2D eigenvalue weighted by molar-refractivity contribution is 6.33. The number of anilines is 2. The van der Waals surface area contributed by atoms with Crippen LogP contribution in [0, 0.1) is 5.82 Å². The van der Waals surface area contributed by atoms with E-state index in [-0.39, 0.29) is 30.6 Å². The summed E-state index contributed by atoms with van der Waals surface area (Å²) in [5.41, 5.74) is 1.02. The van der Waals surface area contributed by atoms with Crippen molar-refractivity contribution in [3.8, 4) is 0 Å². The molecule has 0 radical (unpaired) electrons. The van der Waals surface area contributed by atoms with Gasteiger partial charge in [0.25, 0.3) is 0 Å². The topological polar surface area (TPSA) is 85.0 Å². The molecule has 1 unspecified atom stereocenters. The summed E-state index contributed by atoms with van der Waals surface area (Å²) in [5, 5.41) is 5.84. The first-order valence-electron chi connectivity index (χ1n) is 11.3. The van der Waals surface area contributed by atoms with E-state index in [0.717, 1.165) is 0 Å². The minimum Gasteiger partial charge on any atom is -0.367 e. The molecule has 2 aromatic rings. The van der Waals surface area contributed by atoms with E-state index in [1.54, 1.807) is 42.5 Å². The van der Waals surface area contributed by atoms with E-state index in [1.807, 2.05) is 9.80 Å². The van der Waals surface area contributed by atoms with Crippen molar-refractivity contribution < 1.29 is 18.8 Å². The molecule has 2 aliphatic heterocycles. The number of nitrogens with one attached hydrogen (secondary N) is 2. The Morgan fingerprint density at radius 3 is 2.47 bits per heavy atom. The van der Waals surface area contributed by atoms with Crippen molar-refractivity contribution in [1.29, 1.82) is 0 Å². The summed E-state index contributed by atoms with van der Waals surface area (Å²) < 4.78 is 14.1. The molecule has 2 aromatic carbocycles. The molecule has 10 heteroatoms. The Labute approximate surface area is 202 Å². The van der Waals surface area contributed by atoms with Gasteiger partial charge in [-0.2, -0.15) is 0 Å². The van der Waals surface area contributed by atoms with Crippen molar-refractivity contribution in [2.45, 2.75) is 12.5 Å². The summed E-state index contributed by atoms with van der Waals surface area (Å²) in [6.07, 6.45) is -0.163. The maximum atomic E-state index is 14.1. The second kappa shape index (κ2) is 10.8. The van der Waals surface area contributed by atoms with Crippen LogP contribution in [0.4, 0.5) is 15.8 Å². The van der Waals surface area contributed by atoms with Crippen molar-refractivity contribution in [3.63, 3.8) is 0 Å². The van der Waals surface area contributed by atoms with Crippen LogP contribution < -0.4 is 15.5 Å². The minimum absolute atomic E-state index is 0.140. The number of halogens is 2. The molecular formula is C24H27ClFN5O3. The van der Waals surface area contributed by atoms with Gasteiger partial charge in [-0.1, -0.05) is 35.9 Å². The maximum Gasteiger partial charge on any atom is 0.243 e. The average molecular weight is 488 g/mol. The molecule has 4 rings (SSSR count). The first-order chi connectivity index (χ1) is 16.4. The van der Waals surface area contributed by atoms with Crippen molar-refractivity contribution in [3.05, 3.63) is 59.4 Å². The van der Waals surface area contributed by atoms with Gasteiger partial charge < -0.3 is 20.4 Å². The largest absolute Gasteiger partial charge is 0.367 e. The van der Waals surface area contributed by atoms with E-state index in [9.17, 15) is 18.8 Å². The molecule has 34 heavy (non-hydrogen) atoms. The highest BCUT2D eigenvalue weighted by Crippen LogP contribution is 2.22. The lowest BCUT2D eigenvalue weighted by molar-refractivity contribution is -0.145. The molecule has 8 nitrogen and oxygen atoms in total. The van der Waals surface area contributed by atoms with Crippen LogP contribution >= 0.6 is 11.6 Å². The second-order valence-corrected chi connectivity index (χ2v) is 8.75. The first-order valence-corrected chi connectivity index (χ1v) is 11.6. The van der Waals surface area contributed by atoms with E-state index < -0.39 is 11.9 Å². The van der Waals surface area contributed by atoms with Crippen LogP contribution in [0.3, 0.4) is 0 Å². The summed E-state index contributed by atoms with van der Waals surface area (Å²) in [7, 11) is 0. The predicted molar refractivity (Wildman–Crippen MR) is 128 cm³/mol. The SMILES string of the molecule is O=C(CC1C(=O)NCCN1C(=O)CN1CCN(c2ccccc2F)CC1)Nc1ccccc1Cl. The molecule has 0 saturated carbocycles. The number of benzene rings is 2. The van der Waals surface area contributed by atoms with Crippen molar-refractivity contribution in [2.75, 3.05) is 56.0 Å². The highest BCUT2D eigenvalue weighted by Gasteiger charge is 2.35. The first kappa shape index (κ1) is 24.0. The van der Waals surface area contributed by atoms with E-state index in [4.69, 9.17) is 11.6 Å². The Morgan fingerprint density at radius 2 is 1.74 bits per heavy atom. The van der Waals surface area contributed by atoms with Gasteiger partial charge in [0.15, 0.2) is 0 Å². The van der Waals surface area contributed by atoms with Crippen LogP contribution in [-0.4, -0.2) is 79.4 Å². The number of carbonyl (C=O) groups excluding carboxylic acids is 3. The normalized spacial score (nSPS) is 19.0. The number of para-hydroxylation sites is 2. The smallest absolute Gasteiger partial charge is 0.243 e. The van der Waals surface area contributed by atoms with Crippen molar-refractivity contribution in [1.82, 2.24) is 15.1 Å². The third kappa shape index (κ3) is 5.66. The lowest BCUT2D eigenvalue weighted by atomic mass is 10.1. The number of rotatable bonds is 6. The Hall–Kier alpha value is -3.17. The zero-order valence-electron chi connectivity index (χ0n) is 18.7. The van der Waals surface area contributed by atoms with E-state index >= 15 is 0 Å². The Morgan fingerprint density at radius 1 is 1.03 bits per heavy atom. The molecule has 2 fully saturated rings. The fourth-order valence-electron chi connectivity index (χ4n) is 4.29. The fraction of sp³-hybridized carbons (Fsp3) is 0.375. The molecule has 0 spiro atoms. The molecule has 2 saturated heterocycles. The van der Waals surface area contributed by atoms with Crippen LogP contribution in [0.1, 0.15) is 6.42 Å². The lowest BCUT2D eigenvalue weighted by Gasteiger charge is -2.39. The Kier molecular flexibility index (Phi) is 7.64. The van der Waals surface area contributed by atoms with Gasteiger partial charge in [0.05, 0.1) is 29.4 Å². The number of piperazine rings is 2. The molecular weight excluding hydrogens is 461 g/mol. The molecule has 0 aliphatic carbocycles. The predicted octanol–water partition coefficient (Wildman–Crippen LogP) is 1.96. The standard InChI is InChI=1S/C24H27ClFN5O3/c25-17-5-1-3-7-19(17)28-22(32)15-21-24(34)27-9-10-31(21)23(33)16-29-11-13-30(14-12-29)20-8-4-2-6-18(20)26/h1-8,21H,9-16H2,(H,27,34)(H,28,32). The third-order valence-electron chi connectivity index (χ3n) is 6.10. The summed E-state index contributed by atoms with van der Waals surface area (Å²) in [4.78, 5) is 43.7. The summed E-state index contributed by atoms with van der Waals surface area (Å²) in [5.74, 6) is -1.21. The van der Waals surface area contributed by atoms with E-state index in [1.165, 1.54) is 11.0 Å². The van der Waals surface area contributed by atoms with Gasteiger partial charge in [0, 0.05) is 39.3 Å². The van der Waals surface area contributed by atoms with Gasteiger partial charge in [-0.05, 0) is 24.3 Å². The van der Waals surface area contributed by atoms with E-state index in [0.29, 0.717) is 55.7 Å². The molecule has 0 bridgehead atoms. The number of hydrogen-bond acceptors (Lipinski definition) is 5. The maximum absolute atomic E-state index is 14.1. The number of hydrogen-bond donors (Lipinski definition) is 2. The fourth-order valence-corrected chi connectivity index (χ4v) is 4.48. The minimum atomic E-state index is -0.886. The van der Waals surface area contributed by atoms with Gasteiger partial charge in [-0.25, -0.2) is 4.39 Å². The highest BCUT2D eigenvalue weighted by atomic mass is 35.5. The monoisotopic (exact) mass is 487 g/mol. The van der Waals surface area contributed by atoms with Crippen LogP contribution in [0.15, 0.2) is 48.5 Å². The van der Waals surface area contributed by atoms with Gasteiger partial charge in [0.2, 0.25) is 17.7 Å². The molecule has 180 valence electrons. The van der Waals surface area contributed by atoms with Gasteiger partial charge in [0.1, 0.15) is 11.9 Å². The summed E-state index contributed by atoms with van der Waals surface area (Å²) in [6, 6.07) is 12.6. The lowest BCUT2D eigenvalue weighted by Crippen LogP contribution is -2.60. The van der Waals surface area contributed by atoms with Crippen LogP contribution in [0.25, 0.3) is 0 Å². The molecule has 2 aliphatic rings. The molecule has 2 N–H and O–H groups in total. The number of amides is 3. The van der Waals surface area contributed by atoms with Gasteiger partial charge in [-0.15, -0.1) is 0 Å². The Balaban J connectivity index is 1.34. The van der Waals surface area contributed by atoms with E-state index in [2.05, 4.69) is 10.6 Å². The van der Waals surface area contributed by atoms with Crippen molar-refractivity contribution in [2.24, 2.45) is 0 Å². The Bertz CT molecular complexity index is 1060. The van der Waals surface area contributed by atoms with Crippen LogP contribution in [-0.2, 0) is 14.4 Å². The van der Waals surface area contributed by atoms with Crippen LogP contribution in [0.2, 0.25) is 5.02 Å². The number of nitrogens with zero attached hydrogens (tertiary/aromatic N) is 3. The van der Waals surface area contributed by atoms with Gasteiger partial charge in [-0.3, -0.25) is 19.3 Å². The third-order valence-corrected chi connectivity index (χ3v) is 6.43. The second-order valence-electron chi connectivity index (χ2n) is 8.34. The average Bonchev–Trinajstić information content (AvgIpc) is 2.83. The molecule has 3 amide bonds. The zero-order valence-corrected chi connectivity index (χ0v) is 19.4. The molecule has 1 atom stereocenters. The summed E-state index contributed by atoms with van der Waals surface area (Å²) >= 11 is 6.10. The van der Waals surface area contributed by atoms with Gasteiger partial charge >= 0.3 is 0 Å². The van der Waals surface area contributed by atoms with Crippen molar-refractivity contribution >= 4 is 40.7 Å². The molecule has 2 heterocycles. The summed E-state index contributed by atoms with van der Waals surface area (Å²) in [6.45, 7) is 3.20.